The lowest BCUT2D eigenvalue weighted by Crippen LogP contribution is -2.49. The largest absolute Gasteiger partial charge is 0.488 e. The van der Waals surface area contributed by atoms with Gasteiger partial charge in [0.25, 0.3) is 5.56 Å². The number of halogens is 9. The quantitative estimate of drug-likeness (QED) is 0.137. The Morgan fingerprint density at radius 3 is 2.22 bits per heavy atom. The molecule has 2 atom stereocenters. The number of Topliss-reactive ketones (excluding diaryl/α,β-unsaturated/α-hetero) is 1. The summed E-state index contributed by atoms with van der Waals surface area (Å²) >= 11 is 0. The zero-order valence-electron chi connectivity index (χ0n) is 29.6. The molecule has 0 radical (unpaired) electrons. The molecule has 294 valence electrons. The van der Waals surface area contributed by atoms with Gasteiger partial charge < -0.3 is 14.4 Å². The fourth-order valence-electron chi connectivity index (χ4n) is 6.70. The number of carbonyl (C=O) groups is 2. The number of aromatic nitrogens is 1. The molecule has 0 bridgehead atoms. The van der Waals surface area contributed by atoms with Gasteiger partial charge in [0.1, 0.15) is 36.2 Å². The van der Waals surface area contributed by atoms with E-state index >= 15 is 8.78 Å². The van der Waals surface area contributed by atoms with E-state index in [0.717, 1.165) is 25.3 Å². The Morgan fingerprint density at radius 1 is 0.945 bits per heavy atom. The minimum Gasteiger partial charge on any atom is -0.488 e. The third-order valence-electron chi connectivity index (χ3n) is 9.43. The highest BCUT2D eigenvalue weighted by molar-refractivity contribution is 5.83. The summed E-state index contributed by atoms with van der Waals surface area (Å²) in [6.45, 7) is 3.58. The SMILES string of the molecule is CC(=O)[C@H](c1cc(COc2cccc(C)c2-c2cc([C@@H](C)CC(=O)O)c(F)c(C(F)(F)F)c2)ccc1F)n1cc(CCN2CC(F)C2)c(C(F)(F)F)cc1=O. The number of aliphatic carboxylic acids is 1. The predicted molar refractivity (Wildman–Crippen MR) is 183 cm³/mol. The van der Waals surface area contributed by atoms with E-state index in [1.54, 1.807) is 17.9 Å². The van der Waals surface area contributed by atoms with Crippen molar-refractivity contribution in [2.75, 3.05) is 19.6 Å². The lowest BCUT2D eigenvalue weighted by molar-refractivity contribution is -0.140. The summed E-state index contributed by atoms with van der Waals surface area (Å²) in [6, 6.07) is 8.24. The van der Waals surface area contributed by atoms with Gasteiger partial charge in [0, 0.05) is 43.0 Å². The van der Waals surface area contributed by atoms with Crippen molar-refractivity contribution >= 4 is 11.8 Å². The van der Waals surface area contributed by atoms with Crippen molar-refractivity contribution in [3.8, 4) is 16.9 Å². The molecule has 3 aromatic carbocycles. The van der Waals surface area contributed by atoms with Crippen molar-refractivity contribution in [2.45, 2.75) is 70.7 Å². The second kappa shape index (κ2) is 15.9. The Hall–Kier alpha value is -5.12. The second-order valence-electron chi connectivity index (χ2n) is 13.6. The molecule has 1 saturated heterocycles. The summed E-state index contributed by atoms with van der Waals surface area (Å²) in [6.07, 6.45) is -11.2. The van der Waals surface area contributed by atoms with Gasteiger partial charge >= 0.3 is 18.3 Å². The smallest absolute Gasteiger partial charge is 0.419 e. The van der Waals surface area contributed by atoms with E-state index in [2.05, 4.69) is 0 Å². The third kappa shape index (κ3) is 9.23. The standard InChI is InChI=1S/C39H35F9N2O5/c1-20-5-4-6-32(35(20)25-13-27(21(2)11-34(53)54)36(42)30(14-25)39(46,47)48)55-19-23-7-8-31(41)28(12-23)37(22(3)51)50-16-24(9-10-49-17-26(40)18-49)29(15-33(50)52)38(43,44)45/h4-8,12-16,21,26,37H,9-11,17-19H2,1-3H3,(H,53,54)/t21-,37+/m0/s1. The molecule has 1 aliphatic rings. The number of hydrogen-bond donors (Lipinski definition) is 1. The predicted octanol–water partition coefficient (Wildman–Crippen LogP) is 8.67. The molecule has 0 aliphatic carbocycles. The molecule has 1 aromatic heterocycles. The van der Waals surface area contributed by atoms with Gasteiger partial charge in [-0.05, 0) is 84.3 Å². The monoisotopic (exact) mass is 782 g/mol. The minimum absolute atomic E-state index is 0.00967. The Bertz CT molecular complexity index is 2160. The molecular formula is C39H35F9N2O5. The van der Waals surface area contributed by atoms with Crippen molar-refractivity contribution in [3.63, 3.8) is 0 Å². The molecule has 0 amide bonds. The van der Waals surface area contributed by atoms with E-state index in [1.165, 1.54) is 31.2 Å². The number of rotatable bonds is 13. The van der Waals surface area contributed by atoms with Crippen LogP contribution in [0.4, 0.5) is 39.5 Å². The van der Waals surface area contributed by atoms with Crippen LogP contribution in [0.2, 0.25) is 0 Å². The zero-order chi connectivity index (χ0) is 40.6. The van der Waals surface area contributed by atoms with Crippen molar-refractivity contribution in [2.24, 2.45) is 0 Å². The van der Waals surface area contributed by atoms with Crippen LogP contribution in [0.3, 0.4) is 0 Å². The van der Waals surface area contributed by atoms with E-state index in [9.17, 15) is 50.2 Å². The number of hydrogen-bond acceptors (Lipinski definition) is 5. The van der Waals surface area contributed by atoms with Crippen LogP contribution in [0.25, 0.3) is 11.1 Å². The van der Waals surface area contributed by atoms with E-state index in [-0.39, 0.29) is 66.2 Å². The number of carboxylic acids is 1. The first-order chi connectivity index (χ1) is 25.6. The van der Waals surface area contributed by atoms with Gasteiger partial charge in [-0.15, -0.1) is 0 Å². The average Bonchev–Trinajstić information content (AvgIpc) is 3.06. The molecule has 16 heteroatoms. The molecule has 1 N–H and O–H groups in total. The molecule has 1 aliphatic heterocycles. The van der Waals surface area contributed by atoms with Gasteiger partial charge in [-0.3, -0.25) is 19.3 Å². The van der Waals surface area contributed by atoms with Gasteiger partial charge in [-0.2, -0.15) is 26.3 Å². The highest BCUT2D eigenvalue weighted by Gasteiger charge is 2.38. The Kier molecular flexibility index (Phi) is 11.9. The first-order valence-electron chi connectivity index (χ1n) is 17.0. The van der Waals surface area contributed by atoms with E-state index in [1.807, 2.05) is 0 Å². The number of ketones is 1. The molecular weight excluding hydrogens is 747 g/mol. The fraction of sp³-hybridized carbons (Fsp3) is 0.359. The van der Waals surface area contributed by atoms with Crippen molar-refractivity contribution < 1.29 is 58.9 Å². The maximum Gasteiger partial charge on any atom is 0.419 e. The van der Waals surface area contributed by atoms with Gasteiger partial charge in [0.15, 0.2) is 5.78 Å². The number of carbonyl (C=O) groups excluding carboxylic acids is 1. The number of ether oxygens (including phenoxy) is 1. The first-order valence-corrected chi connectivity index (χ1v) is 17.0. The molecule has 7 nitrogen and oxygen atoms in total. The minimum atomic E-state index is -5.14. The topological polar surface area (TPSA) is 88.8 Å². The van der Waals surface area contributed by atoms with E-state index in [4.69, 9.17) is 4.74 Å². The van der Waals surface area contributed by atoms with Crippen LogP contribution in [0.15, 0.2) is 65.6 Å². The Morgan fingerprint density at radius 2 is 1.62 bits per heavy atom. The maximum atomic E-state index is 15.5. The summed E-state index contributed by atoms with van der Waals surface area (Å²) in [5.74, 6) is -5.85. The highest BCUT2D eigenvalue weighted by atomic mass is 19.4. The van der Waals surface area contributed by atoms with Crippen LogP contribution < -0.4 is 10.3 Å². The fourth-order valence-corrected chi connectivity index (χ4v) is 6.70. The normalized spacial score (nSPS) is 15.1. The lowest BCUT2D eigenvalue weighted by Gasteiger charge is -2.34. The average molecular weight is 783 g/mol. The van der Waals surface area contributed by atoms with Crippen LogP contribution in [0.1, 0.15) is 71.2 Å². The van der Waals surface area contributed by atoms with Crippen LogP contribution in [0, 0.1) is 18.6 Å². The number of carboxylic acid groups (broad SMARTS) is 1. The number of alkyl halides is 7. The molecule has 0 unspecified atom stereocenters. The van der Waals surface area contributed by atoms with Crippen molar-refractivity contribution in [3.05, 3.63) is 122 Å². The number of likely N-dealkylation sites (tertiary alicyclic amines) is 1. The van der Waals surface area contributed by atoms with Gasteiger partial charge in [0.2, 0.25) is 0 Å². The molecule has 0 saturated carbocycles. The number of nitrogens with zero attached hydrogens (tertiary/aromatic N) is 2. The summed E-state index contributed by atoms with van der Waals surface area (Å²) in [5.41, 5.74) is -4.70. The first kappa shape index (κ1) is 41.1. The zero-order valence-corrected chi connectivity index (χ0v) is 29.6. The molecule has 1 fully saturated rings. The third-order valence-corrected chi connectivity index (χ3v) is 9.43. The van der Waals surface area contributed by atoms with Gasteiger partial charge in [-0.25, -0.2) is 13.2 Å². The molecule has 2 heterocycles. The van der Waals surface area contributed by atoms with Crippen LogP contribution in [-0.2, 0) is 35.0 Å². The van der Waals surface area contributed by atoms with Crippen LogP contribution in [0.5, 0.6) is 5.75 Å². The van der Waals surface area contributed by atoms with Crippen molar-refractivity contribution in [1.82, 2.24) is 9.47 Å². The molecule has 0 spiro atoms. The summed E-state index contributed by atoms with van der Waals surface area (Å²) < 4.78 is 135. The summed E-state index contributed by atoms with van der Waals surface area (Å²) in [4.78, 5) is 39.1. The Labute approximate surface area is 309 Å². The maximum absolute atomic E-state index is 15.5. The number of benzene rings is 3. The number of aryl methyl sites for hydroxylation is 1. The molecule has 5 rings (SSSR count). The lowest BCUT2D eigenvalue weighted by atomic mass is 9.89. The van der Waals surface area contributed by atoms with Crippen molar-refractivity contribution in [1.29, 1.82) is 0 Å². The van der Waals surface area contributed by atoms with Gasteiger partial charge in [0.05, 0.1) is 17.5 Å². The van der Waals surface area contributed by atoms with Crippen LogP contribution >= 0.6 is 0 Å². The second-order valence-corrected chi connectivity index (χ2v) is 13.6. The molecule has 55 heavy (non-hydrogen) atoms. The molecule has 4 aromatic rings. The summed E-state index contributed by atoms with van der Waals surface area (Å²) in [5, 5.41) is 9.23. The highest BCUT2D eigenvalue weighted by Crippen LogP contribution is 2.42. The van der Waals surface area contributed by atoms with Gasteiger partial charge in [-0.1, -0.05) is 25.1 Å². The van der Waals surface area contributed by atoms with E-state index < -0.39 is 82.5 Å². The number of pyridine rings is 1. The summed E-state index contributed by atoms with van der Waals surface area (Å²) in [7, 11) is 0. The van der Waals surface area contributed by atoms with Crippen LogP contribution in [-0.4, -0.2) is 52.1 Å². The van der Waals surface area contributed by atoms with E-state index in [0.29, 0.717) is 22.3 Å². The Balaban J connectivity index is 1.51.